The molecule has 29 heavy (non-hydrogen) atoms. The zero-order valence-corrected chi connectivity index (χ0v) is 17.6. The fourth-order valence-electron chi connectivity index (χ4n) is 4.06. The van der Waals surface area contributed by atoms with Crippen LogP contribution in [-0.4, -0.2) is 64.4 Å². The van der Waals surface area contributed by atoms with Crippen molar-refractivity contribution in [2.45, 2.75) is 38.6 Å². The Balaban J connectivity index is 1.18. The number of allylic oxidation sites excluding steroid dienone is 1. The number of carbonyl (C=O) groups excluding carboxylic acids is 1. The lowest BCUT2D eigenvalue weighted by atomic mass is 9.97. The van der Waals surface area contributed by atoms with Crippen LogP contribution in [0.4, 0.5) is 0 Å². The standard InChI is InChI=1S/C21H29N5O2S/c27-19(22-7-6-17-4-2-1-3-5-17)16-25-10-8-24(9-11-25)15-18-14-20(28)26-12-13-29-21(26)23-18/h4,12-14H,1-3,5-11,15-16H2,(H,22,27). The summed E-state index contributed by atoms with van der Waals surface area (Å²) >= 11 is 1.48. The third-order valence-electron chi connectivity index (χ3n) is 5.73. The first-order valence-corrected chi connectivity index (χ1v) is 11.4. The summed E-state index contributed by atoms with van der Waals surface area (Å²) in [5.74, 6) is 0.118. The second kappa shape index (κ2) is 9.65. The number of hydrogen-bond donors (Lipinski definition) is 1. The number of rotatable bonds is 7. The average Bonchev–Trinajstić information content (AvgIpc) is 3.20. The van der Waals surface area contributed by atoms with Gasteiger partial charge >= 0.3 is 0 Å². The number of amides is 1. The lowest BCUT2D eigenvalue weighted by Gasteiger charge is -2.34. The molecule has 2 aliphatic rings. The third kappa shape index (κ3) is 5.52. The van der Waals surface area contributed by atoms with E-state index >= 15 is 0 Å². The maximum absolute atomic E-state index is 12.2. The molecule has 1 aliphatic heterocycles. The van der Waals surface area contributed by atoms with Crippen LogP contribution < -0.4 is 10.9 Å². The van der Waals surface area contributed by atoms with Gasteiger partial charge in [0.15, 0.2) is 4.96 Å². The van der Waals surface area contributed by atoms with Crippen molar-refractivity contribution in [3.63, 3.8) is 0 Å². The summed E-state index contributed by atoms with van der Waals surface area (Å²) in [5, 5.41) is 4.95. The lowest BCUT2D eigenvalue weighted by molar-refractivity contribution is -0.122. The van der Waals surface area contributed by atoms with Gasteiger partial charge in [0.05, 0.1) is 12.2 Å². The van der Waals surface area contributed by atoms with Gasteiger partial charge in [-0.05, 0) is 32.1 Å². The van der Waals surface area contributed by atoms with Crippen molar-refractivity contribution in [3.8, 4) is 0 Å². The minimum atomic E-state index is -0.0226. The van der Waals surface area contributed by atoms with E-state index in [0.717, 1.165) is 49.8 Å². The van der Waals surface area contributed by atoms with Crippen molar-refractivity contribution in [1.82, 2.24) is 24.5 Å². The number of thiazole rings is 1. The molecule has 2 aromatic heterocycles. The highest BCUT2D eigenvalue weighted by Gasteiger charge is 2.19. The van der Waals surface area contributed by atoms with Crippen LogP contribution >= 0.6 is 11.3 Å². The lowest BCUT2D eigenvalue weighted by Crippen LogP contribution is -2.49. The molecule has 0 bridgehead atoms. The molecule has 156 valence electrons. The number of aromatic nitrogens is 2. The van der Waals surface area contributed by atoms with Crippen LogP contribution in [0.5, 0.6) is 0 Å². The molecule has 0 unspecified atom stereocenters. The number of piperazine rings is 1. The Morgan fingerprint density at radius 2 is 2.00 bits per heavy atom. The van der Waals surface area contributed by atoms with E-state index in [-0.39, 0.29) is 11.5 Å². The van der Waals surface area contributed by atoms with Gasteiger partial charge in [-0.25, -0.2) is 4.98 Å². The Bertz CT molecular complexity index is 927. The smallest absolute Gasteiger partial charge is 0.258 e. The van der Waals surface area contributed by atoms with E-state index in [0.29, 0.717) is 13.1 Å². The van der Waals surface area contributed by atoms with Gasteiger partial charge in [0, 0.05) is 56.9 Å². The van der Waals surface area contributed by atoms with Crippen LogP contribution in [0.15, 0.2) is 34.1 Å². The van der Waals surface area contributed by atoms with Crippen molar-refractivity contribution in [3.05, 3.63) is 45.3 Å². The first-order valence-electron chi connectivity index (χ1n) is 10.5. The highest BCUT2D eigenvalue weighted by Crippen LogP contribution is 2.19. The van der Waals surface area contributed by atoms with E-state index in [1.807, 2.05) is 5.38 Å². The Kier molecular flexibility index (Phi) is 6.74. The zero-order valence-electron chi connectivity index (χ0n) is 16.8. The van der Waals surface area contributed by atoms with E-state index in [2.05, 4.69) is 26.2 Å². The molecule has 0 saturated carbocycles. The Morgan fingerprint density at radius 3 is 2.79 bits per heavy atom. The molecule has 1 amide bonds. The van der Waals surface area contributed by atoms with Gasteiger partial charge in [0.2, 0.25) is 5.91 Å². The summed E-state index contributed by atoms with van der Waals surface area (Å²) in [5.41, 5.74) is 2.30. The summed E-state index contributed by atoms with van der Waals surface area (Å²) < 4.78 is 1.58. The quantitative estimate of drug-likeness (QED) is 0.700. The number of carbonyl (C=O) groups is 1. The van der Waals surface area contributed by atoms with Crippen LogP contribution in [0.25, 0.3) is 4.96 Å². The normalized spacial score (nSPS) is 18.7. The molecule has 1 aliphatic carbocycles. The fourth-order valence-corrected chi connectivity index (χ4v) is 4.80. The summed E-state index contributed by atoms with van der Waals surface area (Å²) in [6, 6.07) is 1.63. The molecule has 8 heteroatoms. The Labute approximate surface area is 175 Å². The molecular formula is C21H29N5O2S. The van der Waals surface area contributed by atoms with Crippen molar-refractivity contribution < 1.29 is 4.79 Å². The Morgan fingerprint density at radius 1 is 1.17 bits per heavy atom. The van der Waals surface area contributed by atoms with E-state index in [1.165, 1.54) is 42.6 Å². The predicted octanol–water partition coefficient (Wildman–Crippen LogP) is 1.88. The van der Waals surface area contributed by atoms with Crippen LogP contribution in [0, 0.1) is 0 Å². The van der Waals surface area contributed by atoms with Crippen molar-refractivity contribution in [2.75, 3.05) is 39.3 Å². The van der Waals surface area contributed by atoms with Crippen molar-refractivity contribution >= 4 is 22.2 Å². The number of nitrogens with one attached hydrogen (secondary N) is 1. The van der Waals surface area contributed by atoms with E-state index in [9.17, 15) is 9.59 Å². The second-order valence-electron chi connectivity index (χ2n) is 7.90. The van der Waals surface area contributed by atoms with Gasteiger partial charge in [-0.2, -0.15) is 0 Å². The van der Waals surface area contributed by atoms with Crippen molar-refractivity contribution in [2.24, 2.45) is 0 Å². The Hall–Kier alpha value is -2.03. The molecule has 1 N–H and O–H groups in total. The molecule has 0 atom stereocenters. The maximum atomic E-state index is 12.2. The second-order valence-corrected chi connectivity index (χ2v) is 8.77. The fraction of sp³-hybridized carbons (Fsp3) is 0.571. The summed E-state index contributed by atoms with van der Waals surface area (Å²) in [6.45, 7) is 5.37. The van der Waals surface area contributed by atoms with Crippen LogP contribution in [0.2, 0.25) is 0 Å². The highest BCUT2D eigenvalue weighted by atomic mass is 32.1. The van der Waals surface area contributed by atoms with Gasteiger partial charge in [-0.1, -0.05) is 11.6 Å². The van der Waals surface area contributed by atoms with Crippen molar-refractivity contribution in [1.29, 1.82) is 0 Å². The van der Waals surface area contributed by atoms with E-state index in [4.69, 9.17) is 0 Å². The monoisotopic (exact) mass is 415 g/mol. The molecule has 4 rings (SSSR count). The topological polar surface area (TPSA) is 70.0 Å². The molecule has 0 spiro atoms. The zero-order chi connectivity index (χ0) is 20.1. The minimum absolute atomic E-state index is 0.0226. The molecule has 0 aromatic carbocycles. The van der Waals surface area contributed by atoms with Gasteiger partial charge in [0.1, 0.15) is 0 Å². The molecule has 7 nitrogen and oxygen atoms in total. The summed E-state index contributed by atoms with van der Waals surface area (Å²) in [6.07, 6.45) is 10.1. The average molecular weight is 416 g/mol. The SMILES string of the molecule is O=C(CN1CCN(Cc2cc(=O)n3ccsc3n2)CC1)NCCC1=CCCCC1. The van der Waals surface area contributed by atoms with Gasteiger partial charge in [-0.15, -0.1) is 11.3 Å². The number of hydrogen-bond acceptors (Lipinski definition) is 6. The number of nitrogens with zero attached hydrogens (tertiary/aromatic N) is 4. The van der Waals surface area contributed by atoms with Gasteiger partial charge in [0.25, 0.3) is 5.56 Å². The molecule has 1 saturated heterocycles. The third-order valence-corrected chi connectivity index (χ3v) is 6.48. The molecule has 2 aromatic rings. The maximum Gasteiger partial charge on any atom is 0.258 e. The molecule has 3 heterocycles. The first-order chi connectivity index (χ1) is 14.2. The van der Waals surface area contributed by atoms with Gasteiger partial charge in [-0.3, -0.25) is 23.8 Å². The van der Waals surface area contributed by atoms with Crippen LogP contribution in [0.1, 0.15) is 37.8 Å². The molecule has 0 radical (unpaired) electrons. The van der Waals surface area contributed by atoms with E-state index in [1.54, 1.807) is 16.7 Å². The predicted molar refractivity (Wildman–Crippen MR) is 115 cm³/mol. The van der Waals surface area contributed by atoms with Gasteiger partial charge < -0.3 is 5.32 Å². The molecule has 1 fully saturated rings. The van der Waals surface area contributed by atoms with Crippen LogP contribution in [-0.2, 0) is 11.3 Å². The largest absolute Gasteiger partial charge is 0.355 e. The number of fused-ring (bicyclic) bond motifs is 1. The minimum Gasteiger partial charge on any atom is -0.355 e. The van der Waals surface area contributed by atoms with E-state index < -0.39 is 0 Å². The van der Waals surface area contributed by atoms with Crippen LogP contribution in [0.3, 0.4) is 0 Å². The first kappa shape index (κ1) is 20.3. The highest BCUT2D eigenvalue weighted by molar-refractivity contribution is 7.15. The molecular weight excluding hydrogens is 386 g/mol. The summed E-state index contributed by atoms with van der Waals surface area (Å²) in [4.78, 5) is 34.2. The summed E-state index contributed by atoms with van der Waals surface area (Å²) in [7, 11) is 0.